The average Bonchev–Trinajstić information content (AvgIpc) is 1.90. The van der Waals surface area contributed by atoms with Gasteiger partial charge >= 0.3 is 6.03 Å². The molecule has 0 bridgehead atoms. The first-order valence-electron chi connectivity index (χ1n) is 2.95. The smallest absolute Gasteiger partial charge is 0.314 e. The Morgan fingerprint density at radius 2 is 2.11 bits per heavy atom. The van der Waals surface area contributed by atoms with Crippen LogP contribution in [-0.2, 0) is 0 Å². The third-order valence-electron chi connectivity index (χ3n) is 1.36. The average molecular weight is 130 g/mol. The van der Waals surface area contributed by atoms with Gasteiger partial charge in [0.2, 0.25) is 0 Å². The molecule has 0 aromatic rings. The zero-order valence-electron chi connectivity index (χ0n) is 5.05. The van der Waals surface area contributed by atoms with Gasteiger partial charge in [-0.15, -0.1) is 0 Å². The Morgan fingerprint density at radius 3 is 2.56 bits per heavy atom. The number of urea groups is 1. The van der Waals surface area contributed by atoms with Gasteiger partial charge in [0.1, 0.15) is 0 Å². The van der Waals surface area contributed by atoms with Gasteiger partial charge in [0, 0.05) is 25.6 Å². The number of hydrogen-bond donors (Lipinski definition) is 3. The monoisotopic (exact) mass is 130 g/mol. The molecule has 4 heteroatoms. The van der Waals surface area contributed by atoms with Gasteiger partial charge in [-0.25, -0.2) is 4.79 Å². The summed E-state index contributed by atoms with van der Waals surface area (Å²) in [6.07, 6.45) is 0. The molecule has 2 amide bonds. The Kier molecular flexibility index (Phi) is 1.89. The van der Waals surface area contributed by atoms with E-state index in [2.05, 4.69) is 10.6 Å². The van der Waals surface area contributed by atoms with E-state index in [1.807, 2.05) is 0 Å². The van der Waals surface area contributed by atoms with Crippen LogP contribution in [0.2, 0.25) is 0 Å². The predicted molar refractivity (Wildman–Crippen MR) is 32.0 cm³/mol. The molecular weight excluding hydrogens is 120 g/mol. The van der Waals surface area contributed by atoms with Gasteiger partial charge in [0.15, 0.2) is 0 Å². The van der Waals surface area contributed by atoms with Crippen LogP contribution >= 0.6 is 0 Å². The number of rotatable bonds is 1. The molecule has 52 valence electrons. The number of amides is 2. The second-order valence-electron chi connectivity index (χ2n) is 2.14. The number of hydrogen-bond acceptors (Lipinski definition) is 2. The maximum absolute atomic E-state index is 10.4. The first-order chi connectivity index (χ1) is 4.33. The highest BCUT2D eigenvalue weighted by molar-refractivity contribution is 5.74. The molecule has 9 heavy (non-hydrogen) atoms. The summed E-state index contributed by atoms with van der Waals surface area (Å²) in [5, 5.41) is 13.7. The van der Waals surface area contributed by atoms with Crippen molar-refractivity contribution in [3.05, 3.63) is 0 Å². The maximum atomic E-state index is 10.4. The molecule has 1 heterocycles. The molecule has 1 saturated heterocycles. The van der Waals surface area contributed by atoms with E-state index in [0.717, 1.165) is 0 Å². The lowest BCUT2D eigenvalue weighted by Gasteiger charge is -2.21. The van der Waals surface area contributed by atoms with Crippen molar-refractivity contribution in [2.75, 3.05) is 19.7 Å². The van der Waals surface area contributed by atoms with Crippen molar-refractivity contribution < 1.29 is 9.90 Å². The lowest BCUT2D eigenvalue weighted by atomic mass is 10.1. The molecule has 0 aromatic heterocycles. The molecule has 0 unspecified atom stereocenters. The lowest BCUT2D eigenvalue weighted by molar-refractivity contribution is 0.194. The van der Waals surface area contributed by atoms with Crippen LogP contribution in [-0.4, -0.2) is 30.8 Å². The Labute approximate surface area is 53.2 Å². The van der Waals surface area contributed by atoms with Crippen LogP contribution in [0.3, 0.4) is 0 Å². The summed E-state index contributed by atoms with van der Waals surface area (Å²) in [5.41, 5.74) is 0. The van der Waals surface area contributed by atoms with E-state index in [1.54, 1.807) is 0 Å². The molecule has 0 radical (unpaired) electrons. The van der Waals surface area contributed by atoms with Crippen molar-refractivity contribution in [2.24, 2.45) is 5.92 Å². The van der Waals surface area contributed by atoms with E-state index in [9.17, 15) is 4.79 Å². The number of aliphatic hydroxyl groups is 1. The Balaban J connectivity index is 2.26. The summed E-state index contributed by atoms with van der Waals surface area (Å²) in [5.74, 6) is 0.183. The van der Waals surface area contributed by atoms with Crippen LogP contribution in [0.5, 0.6) is 0 Å². The zero-order valence-corrected chi connectivity index (χ0v) is 5.05. The highest BCUT2D eigenvalue weighted by Crippen LogP contribution is 1.94. The van der Waals surface area contributed by atoms with Crippen molar-refractivity contribution in [3.8, 4) is 0 Å². The molecule has 1 aliphatic rings. The number of aliphatic hydroxyl groups excluding tert-OH is 1. The molecule has 0 aromatic carbocycles. The summed E-state index contributed by atoms with van der Waals surface area (Å²) in [4.78, 5) is 10.4. The van der Waals surface area contributed by atoms with Crippen molar-refractivity contribution in [1.82, 2.24) is 10.6 Å². The van der Waals surface area contributed by atoms with E-state index in [4.69, 9.17) is 5.11 Å². The Hall–Kier alpha value is -0.770. The molecule has 3 N–H and O–H groups in total. The SMILES string of the molecule is O=C1NCC(CO)CN1. The number of carbonyl (C=O) groups excluding carboxylic acids is 1. The molecular formula is C5H10N2O2. The van der Waals surface area contributed by atoms with Crippen LogP contribution in [0, 0.1) is 5.92 Å². The standard InChI is InChI=1S/C5H10N2O2/c8-3-4-1-6-5(9)7-2-4/h4,8H,1-3H2,(H2,6,7,9). The second kappa shape index (κ2) is 2.68. The normalized spacial score (nSPS) is 20.8. The summed E-state index contributed by atoms with van der Waals surface area (Å²) >= 11 is 0. The summed E-state index contributed by atoms with van der Waals surface area (Å²) in [7, 11) is 0. The Morgan fingerprint density at radius 1 is 1.56 bits per heavy atom. The number of nitrogens with one attached hydrogen (secondary N) is 2. The minimum atomic E-state index is -0.139. The van der Waals surface area contributed by atoms with Crippen molar-refractivity contribution >= 4 is 6.03 Å². The minimum absolute atomic E-state index is 0.132. The molecule has 0 spiro atoms. The van der Waals surface area contributed by atoms with Crippen LogP contribution < -0.4 is 10.6 Å². The maximum Gasteiger partial charge on any atom is 0.314 e. The zero-order chi connectivity index (χ0) is 6.69. The fraction of sp³-hybridized carbons (Fsp3) is 0.800. The Bertz CT molecular complexity index is 106. The largest absolute Gasteiger partial charge is 0.396 e. The van der Waals surface area contributed by atoms with Gasteiger partial charge < -0.3 is 15.7 Å². The third-order valence-corrected chi connectivity index (χ3v) is 1.36. The predicted octanol–water partition coefficient (Wildman–Crippen LogP) is -1.09. The van der Waals surface area contributed by atoms with Gasteiger partial charge in [-0.3, -0.25) is 0 Å². The number of carbonyl (C=O) groups is 1. The molecule has 0 saturated carbocycles. The van der Waals surface area contributed by atoms with E-state index in [-0.39, 0.29) is 18.6 Å². The van der Waals surface area contributed by atoms with Gasteiger partial charge in [-0.05, 0) is 0 Å². The molecule has 0 atom stereocenters. The fourth-order valence-electron chi connectivity index (χ4n) is 0.738. The lowest BCUT2D eigenvalue weighted by Crippen LogP contribution is -2.49. The van der Waals surface area contributed by atoms with Crippen molar-refractivity contribution in [2.45, 2.75) is 0 Å². The van der Waals surface area contributed by atoms with E-state index in [0.29, 0.717) is 13.1 Å². The van der Waals surface area contributed by atoms with Crippen molar-refractivity contribution in [3.63, 3.8) is 0 Å². The van der Waals surface area contributed by atoms with Gasteiger partial charge in [-0.2, -0.15) is 0 Å². The quantitative estimate of drug-likeness (QED) is 0.422. The highest BCUT2D eigenvalue weighted by atomic mass is 16.3. The van der Waals surface area contributed by atoms with Gasteiger partial charge in [0.25, 0.3) is 0 Å². The van der Waals surface area contributed by atoms with Gasteiger partial charge in [0.05, 0.1) is 0 Å². The van der Waals surface area contributed by atoms with Crippen LogP contribution in [0.15, 0.2) is 0 Å². The fourth-order valence-corrected chi connectivity index (χ4v) is 0.738. The second-order valence-corrected chi connectivity index (χ2v) is 2.14. The molecule has 1 aliphatic heterocycles. The minimum Gasteiger partial charge on any atom is -0.396 e. The van der Waals surface area contributed by atoms with E-state index < -0.39 is 0 Å². The van der Waals surface area contributed by atoms with E-state index >= 15 is 0 Å². The molecule has 1 fully saturated rings. The van der Waals surface area contributed by atoms with Crippen LogP contribution in [0.25, 0.3) is 0 Å². The topological polar surface area (TPSA) is 61.4 Å². The van der Waals surface area contributed by atoms with Crippen molar-refractivity contribution in [1.29, 1.82) is 0 Å². The third kappa shape index (κ3) is 1.57. The molecule has 4 nitrogen and oxygen atoms in total. The molecule has 0 aliphatic carbocycles. The van der Waals surface area contributed by atoms with E-state index in [1.165, 1.54) is 0 Å². The first kappa shape index (κ1) is 6.35. The molecule has 1 rings (SSSR count). The first-order valence-corrected chi connectivity index (χ1v) is 2.95. The summed E-state index contributed by atoms with van der Waals surface area (Å²) in [6, 6.07) is -0.139. The summed E-state index contributed by atoms with van der Waals surface area (Å²) in [6.45, 7) is 1.30. The van der Waals surface area contributed by atoms with Crippen LogP contribution in [0.1, 0.15) is 0 Å². The van der Waals surface area contributed by atoms with Gasteiger partial charge in [-0.1, -0.05) is 0 Å². The summed E-state index contributed by atoms with van der Waals surface area (Å²) < 4.78 is 0. The highest BCUT2D eigenvalue weighted by Gasteiger charge is 2.14. The van der Waals surface area contributed by atoms with Crippen LogP contribution in [0.4, 0.5) is 4.79 Å².